The van der Waals surface area contributed by atoms with Crippen molar-refractivity contribution in [3.63, 3.8) is 0 Å². The highest BCUT2D eigenvalue weighted by molar-refractivity contribution is 7.89. The van der Waals surface area contributed by atoms with E-state index in [0.29, 0.717) is 27.8 Å². The number of methoxy groups -OCH3 is 2. The van der Waals surface area contributed by atoms with Gasteiger partial charge in [-0.3, -0.25) is 0 Å². The molecule has 0 bridgehead atoms. The molecular weight excluding hydrogens is 464 g/mol. The van der Waals surface area contributed by atoms with E-state index in [2.05, 4.69) is 9.71 Å². The normalized spacial score (nSPS) is 13.5. The number of para-hydroxylation sites is 1. The second-order valence-electron chi connectivity index (χ2n) is 7.63. The molecule has 0 saturated heterocycles. The lowest BCUT2D eigenvalue weighted by Crippen LogP contribution is -2.26. The Morgan fingerprint density at radius 2 is 1.97 bits per heavy atom. The molecule has 0 amide bonds. The number of nitrogens with one attached hydrogen (secondary N) is 1. The average Bonchev–Trinajstić information content (AvgIpc) is 3.48. The van der Waals surface area contributed by atoms with E-state index in [1.807, 2.05) is 12.1 Å². The Balaban J connectivity index is 1.48. The van der Waals surface area contributed by atoms with E-state index in [9.17, 15) is 13.2 Å². The van der Waals surface area contributed by atoms with Gasteiger partial charge in [-0.05, 0) is 49.6 Å². The minimum atomic E-state index is -3.67. The smallest absolute Gasteiger partial charge is 0.338 e. The number of hydrogen-bond acceptors (Lipinski definition) is 8. The number of carbonyl (C=O) groups is 1. The van der Waals surface area contributed by atoms with Crippen LogP contribution in [0.2, 0.25) is 0 Å². The van der Waals surface area contributed by atoms with Crippen molar-refractivity contribution in [1.82, 2.24) is 9.71 Å². The van der Waals surface area contributed by atoms with E-state index in [0.717, 1.165) is 18.4 Å². The first-order chi connectivity index (χ1) is 15.8. The number of hydrogen-bond donors (Lipinski definition) is 1. The van der Waals surface area contributed by atoms with Crippen molar-refractivity contribution in [2.24, 2.45) is 0 Å². The predicted octanol–water partition coefficient (Wildman–Crippen LogP) is 3.93. The van der Waals surface area contributed by atoms with E-state index in [1.54, 1.807) is 38.7 Å². The van der Waals surface area contributed by atoms with Gasteiger partial charge in [-0.2, -0.15) is 0 Å². The number of sulfonamides is 1. The summed E-state index contributed by atoms with van der Waals surface area (Å²) in [4.78, 5) is 17.3. The standard InChI is InChI=1S/C23H24N2O6S2/c1-14-7-10-17(33(27,28)25-15-8-9-15)11-19(14)23(26)31-12-16-13-32-22(24-16)18-5-4-6-20(29-2)21(18)30-3/h4-7,10-11,13,15,25H,8-9,12H2,1-3H3. The molecule has 174 valence electrons. The van der Waals surface area contributed by atoms with Gasteiger partial charge in [0.2, 0.25) is 10.0 Å². The van der Waals surface area contributed by atoms with E-state index in [-0.39, 0.29) is 23.1 Å². The van der Waals surface area contributed by atoms with Gasteiger partial charge in [0.15, 0.2) is 11.5 Å². The van der Waals surface area contributed by atoms with Crippen molar-refractivity contribution >= 4 is 27.3 Å². The third-order valence-corrected chi connectivity index (χ3v) is 7.62. The number of aryl methyl sites for hydroxylation is 1. The van der Waals surface area contributed by atoms with Crippen LogP contribution in [0, 0.1) is 6.92 Å². The first kappa shape index (κ1) is 23.2. The van der Waals surface area contributed by atoms with Crippen LogP contribution < -0.4 is 14.2 Å². The summed E-state index contributed by atoms with van der Waals surface area (Å²) in [5.41, 5.74) is 2.19. The minimum absolute atomic E-state index is 0.0197. The Kier molecular flexibility index (Phi) is 6.68. The molecule has 1 N–H and O–H groups in total. The van der Waals surface area contributed by atoms with Crippen LogP contribution in [0.4, 0.5) is 0 Å². The summed E-state index contributed by atoms with van der Waals surface area (Å²) in [7, 11) is -0.535. The number of carbonyl (C=O) groups excluding carboxylic acids is 1. The molecule has 1 aromatic heterocycles. The number of nitrogens with zero attached hydrogens (tertiary/aromatic N) is 1. The maximum atomic E-state index is 12.7. The number of ether oxygens (including phenoxy) is 3. The summed E-state index contributed by atoms with van der Waals surface area (Å²) >= 11 is 1.39. The minimum Gasteiger partial charge on any atom is -0.493 e. The molecule has 8 nitrogen and oxygen atoms in total. The molecule has 10 heteroatoms. The fourth-order valence-corrected chi connectivity index (χ4v) is 5.40. The van der Waals surface area contributed by atoms with Gasteiger partial charge in [0.25, 0.3) is 0 Å². The van der Waals surface area contributed by atoms with E-state index in [1.165, 1.54) is 23.5 Å². The first-order valence-corrected chi connectivity index (χ1v) is 12.6. The van der Waals surface area contributed by atoms with E-state index < -0.39 is 16.0 Å². The highest BCUT2D eigenvalue weighted by Crippen LogP contribution is 2.39. The fraction of sp³-hybridized carbons (Fsp3) is 0.304. The van der Waals surface area contributed by atoms with Crippen LogP contribution in [0.25, 0.3) is 10.6 Å². The van der Waals surface area contributed by atoms with Gasteiger partial charge in [0, 0.05) is 11.4 Å². The molecule has 0 unspecified atom stereocenters. The molecule has 1 aliphatic carbocycles. The zero-order valence-electron chi connectivity index (χ0n) is 18.5. The highest BCUT2D eigenvalue weighted by Gasteiger charge is 2.28. The third kappa shape index (κ3) is 5.18. The van der Waals surface area contributed by atoms with Gasteiger partial charge in [0.05, 0.1) is 35.9 Å². The van der Waals surface area contributed by atoms with Crippen molar-refractivity contribution in [2.75, 3.05) is 14.2 Å². The number of thiazole rings is 1. The molecule has 1 heterocycles. The van der Waals surface area contributed by atoms with Crippen molar-refractivity contribution < 1.29 is 27.4 Å². The number of benzene rings is 2. The van der Waals surface area contributed by atoms with Crippen molar-refractivity contribution in [2.45, 2.75) is 37.3 Å². The van der Waals surface area contributed by atoms with Crippen LogP contribution in [0.15, 0.2) is 46.7 Å². The van der Waals surface area contributed by atoms with Crippen LogP contribution in [0.3, 0.4) is 0 Å². The Labute approximate surface area is 196 Å². The number of aromatic nitrogens is 1. The molecule has 3 aromatic rings. The van der Waals surface area contributed by atoms with Gasteiger partial charge >= 0.3 is 5.97 Å². The quantitative estimate of drug-likeness (QED) is 0.455. The van der Waals surface area contributed by atoms with Crippen LogP contribution in [0.1, 0.15) is 34.5 Å². The van der Waals surface area contributed by atoms with Gasteiger partial charge < -0.3 is 14.2 Å². The zero-order valence-corrected chi connectivity index (χ0v) is 20.1. The van der Waals surface area contributed by atoms with Crippen molar-refractivity contribution in [1.29, 1.82) is 0 Å². The van der Waals surface area contributed by atoms with Crippen LogP contribution in [0.5, 0.6) is 11.5 Å². The second-order valence-corrected chi connectivity index (χ2v) is 10.2. The molecule has 1 saturated carbocycles. The third-order valence-electron chi connectivity index (χ3n) is 5.17. The monoisotopic (exact) mass is 488 g/mol. The second kappa shape index (κ2) is 9.50. The van der Waals surface area contributed by atoms with Gasteiger partial charge in [-0.15, -0.1) is 11.3 Å². The van der Waals surface area contributed by atoms with Crippen LogP contribution >= 0.6 is 11.3 Å². The van der Waals surface area contributed by atoms with Gasteiger partial charge in [-0.25, -0.2) is 22.9 Å². The average molecular weight is 489 g/mol. The van der Waals surface area contributed by atoms with Crippen molar-refractivity contribution in [3.8, 4) is 22.1 Å². The summed E-state index contributed by atoms with van der Waals surface area (Å²) in [6, 6.07) is 9.96. The van der Waals surface area contributed by atoms with E-state index in [4.69, 9.17) is 14.2 Å². The topological polar surface area (TPSA) is 104 Å². The van der Waals surface area contributed by atoms with Gasteiger partial charge in [-0.1, -0.05) is 12.1 Å². The molecule has 0 aliphatic heterocycles. The Morgan fingerprint density at radius 3 is 2.67 bits per heavy atom. The number of esters is 1. The summed E-state index contributed by atoms with van der Waals surface area (Å²) < 4.78 is 43.9. The molecule has 0 atom stereocenters. The summed E-state index contributed by atoms with van der Waals surface area (Å²) in [5.74, 6) is 0.565. The summed E-state index contributed by atoms with van der Waals surface area (Å²) in [6.07, 6.45) is 1.66. The Bertz CT molecular complexity index is 1280. The highest BCUT2D eigenvalue weighted by atomic mass is 32.2. The first-order valence-electron chi connectivity index (χ1n) is 10.3. The summed E-state index contributed by atoms with van der Waals surface area (Å²) in [6.45, 7) is 1.69. The van der Waals surface area contributed by atoms with Crippen LogP contribution in [-0.2, 0) is 21.4 Å². The molecule has 0 spiro atoms. The molecule has 1 fully saturated rings. The molecular formula is C23H24N2O6S2. The maximum absolute atomic E-state index is 12.7. The molecule has 1 aliphatic rings. The Morgan fingerprint density at radius 1 is 1.18 bits per heavy atom. The van der Waals surface area contributed by atoms with Crippen LogP contribution in [-0.4, -0.2) is 39.6 Å². The fourth-order valence-electron chi connectivity index (χ4n) is 3.25. The lowest BCUT2D eigenvalue weighted by molar-refractivity contribution is 0.0467. The lowest BCUT2D eigenvalue weighted by Gasteiger charge is -2.11. The lowest BCUT2D eigenvalue weighted by atomic mass is 10.1. The SMILES string of the molecule is COc1cccc(-c2nc(COC(=O)c3cc(S(=O)(=O)NC4CC4)ccc3C)cs2)c1OC. The molecule has 2 aromatic carbocycles. The summed E-state index contributed by atoms with van der Waals surface area (Å²) in [5, 5.41) is 2.50. The number of rotatable bonds is 9. The zero-order chi connectivity index (χ0) is 23.6. The molecule has 33 heavy (non-hydrogen) atoms. The maximum Gasteiger partial charge on any atom is 0.338 e. The molecule has 4 rings (SSSR count). The van der Waals surface area contributed by atoms with Gasteiger partial charge in [0.1, 0.15) is 11.6 Å². The predicted molar refractivity (Wildman–Crippen MR) is 124 cm³/mol. The largest absolute Gasteiger partial charge is 0.493 e. The Hall–Kier alpha value is -2.95. The van der Waals surface area contributed by atoms with E-state index >= 15 is 0 Å². The van der Waals surface area contributed by atoms with Crippen molar-refractivity contribution in [3.05, 3.63) is 58.6 Å². The molecule has 0 radical (unpaired) electrons.